The molecular weight excluding hydrogens is 424 g/mol. The van der Waals surface area contributed by atoms with E-state index in [1.807, 2.05) is 0 Å². The molecule has 0 spiro atoms. The molecule has 1 heterocycles. The van der Waals surface area contributed by atoms with Crippen LogP contribution in [0.5, 0.6) is 0 Å². The summed E-state index contributed by atoms with van der Waals surface area (Å²) in [5.74, 6) is -4.70. The monoisotopic (exact) mass is 452 g/mol. The molecule has 2 aromatic rings. The normalized spacial score (nSPS) is 15.7. The molecule has 1 aliphatic rings. The highest BCUT2D eigenvalue weighted by Crippen LogP contribution is 2.42. The van der Waals surface area contributed by atoms with Crippen LogP contribution in [0.25, 0.3) is 0 Å². The van der Waals surface area contributed by atoms with Gasteiger partial charge in [-0.1, -0.05) is 12.1 Å². The van der Waals surface area contributed by atoms with Gasteiger partial charge in [0, 0.05) is 20.5 Å². The summed E-state index contributed by atoms with van der Waals surface area (Å²) in [6.45, 7) is 1.97. The second-order valence-electron chi connectivity index (χ2n) is 8.53. The summed E-state index contributed by atoms with van der Waals surface area (Å²) < 4.78 is 55.0. The third-order valence-electron chi connectivity index (χ3n) is 6.26. The van der Waals surface area contributed by atoms with Crippen LogP contribution < -0.4 is 0 Å². The van der Waals surface area contributed by atoms with E-state index in [0.29, 0.717) is 38.8 Å². The van der Waals surface area contributed by atoms with Gasteiger partial charge in [0.15, 0.2) is 23.3 Å². The van der Waals surface area contributed by atoms with Gasteiger partial charge in [-0.2, -0.15) is 0 Å². The summed E-state index contributed by atoms with van der Waals surface area (Å²) in [7, 11) is 3.43. The summed E-state index contributed by atoms with van der Waals surface area (Å²) in [4.78, 5) is 15.5. The molecule has 0 bridgehead atoms. The maximum absolute atomic E-state index is 14.0. The molecule has 1 saturated heterocycles. The van der Waals surface area contributed by atoms with Gasteiger partial charge in [0.05, 0.1) is 0 Å². The summed E-state index contributed by atoms with van der Waals surface area (Å²) in [6, 6.07) is 6.22. The van der Waals surface area contributed by atoms with Crippen LogP contribution in [0.4, 0.5) is 17.6 Å². The van der Waals surface area contributed by atoms with Crippen molar-refractivity contribution in [1.29, 1.82) is 0 Å². The molecular formula is C24H28F4N2O2. The van der Waals surface area contributed by atoms with E-state index >= 15 is 0 Å². The fourth-order valence-electron chi connectivity index (χ4n) is 4.36. The Kier molecular flexibility index (Phi) is 7.56. The zero-order valence-corrected chi connectivity index (χ0v) is 18.3. The SMILES string of the molecule is CN(C)C(=O)CCCN1CCC(C(O)(c2ccc(F)c(F)c2)c2ccc(F)c(F)c2)CC1. The number of nitrogens with zero attached hydrogens (tertiary/aromatic N) is 2. The number of aliphatic hydroxyl groups is 1. The molecule has 0 radical (unpaired) electrons. The van der Waals surface area contributed by atoms with E-state index in [1.165, 1.54) is 12.1 Å². The predicted octanol–water partition coefficient (Wildman–Crippen LogP) is 4.06. The van der Waals surface area contributed by atoms with Crippen molar-refractivity contribution in [3.63, 3.8) is 0 Å². The highest BCUT2D eigenvalue weighted by molar-refractivity contribution is 5.75. The summed E-state index contributed by atoms with van der Waals surface area (Å²) in [5, 5.41) is 11.8. The van der Waals surface area contributed by atoms with Crippen LogP contribution >= 0.6 is 0 Å². The number of benzene rings is 2. The van der Waals surface area contributed by atoms with Crippen LogP contribution in [0.3, 0.4) is 0 Å². The van der Waals surface area contributed by atoms with Crippen molar-refractivity contribution in [2.24, 2.45) is 5.92 Å². The lowest BCUT2D eigenvalue weighted by molar-refractivity contribution is -0.128. The molecule has 4 nitrogen and oxygen atoms in total. The first-order chi connectivity index (χ1) is 15.1. The molecule has 1 fully saturated rings. The van der Waals surface area contributed by atoms with E-state index in [2.05, 4.69) is 4.90 Å². The van der Waals surface area contributed by atoms with Gasteiger partial charge in [-0.15, -0.1) is 0 Å². The predicted molar refractivity (Wildman–Crippen MR) is 113 cm³/mol. The highest BCUT2D eigenvalue weighted by atomic mass is 19.2. The molecule has 0 aromatic heterocycles. The fourth-order valence-corrected chi connectivity index (χ4v) is 4.36. The maximum atomic E-state index is 14.0. The number of hydrogen-bond acceptors (Lipinski definition) is 3. The van der Waals surface area contributed by atoms with Gasteiger partial charge in [-0.05, 0) is 80.2 Å². The molecule has 2 aromatic carbocycles. The number of rotatable bonds is 7. The molecule has 32 heavy (non-hydrogen) atoms. The lowest BCUT2D eigenvalue weighted by Crippen LogP contribution is -2.44. The third-order valence-corrected chi connectivity index (χ3v) is 6.26. The first-order valence-electron chi connectivity index (χ1n) is 10.7. The average Bonchev–Trinajstić information content (AvgIpc) is 2.77. The number of halogens is 4. The molecule has 0 atom stereocenters. The average molecular weight is 452 g/mol. The van der Waals surface area contributed by atoms with E-state index in [1.54, 1.807) is 19.0 Å². The number of carbonyl (C=O) groups is 1. The van der Waals surface area contributed by atoms with Gasteiger partial charge < -0.3 is 14.9 Å². The van der Waals surface area contributed by atoms with Crippen molar-refractivity contribution in [3.05, 3.63) is 70.8 Å². The van der Waals surface area contributed by atoms with E-state index in [0.717, 1.165) is 30.8 Å². The van der Waals surface area contributed by atoms with Gasteiger partial charge >= 0.3 is 0 Å². The Morgan fingerprint density at radius 1 is 0.969 bits per heavy atom. The Morgan fingerprint density at radius 2 is 1.47 bits per heavy atom. The molecule has 0 saturated carbocycles. The van der Waals surface area contributed by atoms with Gasteiger partial charge in [0.25, 0.3) is 0 Å². The molecule has 3 rings (SSSR count). The van der Waals surface area contributed by atoms with Crippen molar-refractivity contribution in [1.82, 2.24) is 9.80 Å². The molecule has 1 aliphatic heterocycles. The maximum Gasteiger partial charge on any atom is 0.222 e. The minimum absolute atomic E-state index is 0.0611. The standard InChI is InChI=1S/C24H28F4N2O2/c1-29(2)23(31)4-3-11-30-12-9-16(10-13-30)24(32,17-5-7-19(25)21(27)14-17)18-6-8-20(26)22(28)15-18/h5-8,14-16,32H,3-4,9-13H2,1-2H3. The molecule has 1 N–H and O–H groups in total. The minimum Gasteiger partial charge on any atom is -0.380 e. The second kappa shape index (κ2) is 10.0. The summed E-state index contributed by atoms with van der Waals surface area (Å²) >= 11 is 0. The summed E-state index contributed by atoms with van der Waals surface area (Å²) in [5.41, 5.74) is -1.62. The van der Waals surface area contributed by atoms with Gasteiger partial charge in [0.1, 0.15) is 5.60 Å². The van der Waals surface area contributed by atoms with E-state index < -0.39 is 34.8 Å². The Labute approximate surface area is 185 Å². The number of amides is 1. The van der Waals surface area contributed by atoms with Crippen molar-refractivity contribution in [2.45, 2.75) is 31.3 Å². The Bertz CT molecular complexity index is 908. The second-order valence-corrected chi connectivity index (χ2v) is 8.53. The van der Waals surface area contributed by atoms with E-state index in [9.17, 15) is 27.5 Å². The Morgan fingerprint density at radius 3 is 1.91 bits per heavy atom. The number of piperidine rings is 1. The molecule has 174 valence electrons. The van der Waals surface area contributed by atoms with Crippen LogP contribution in [-0.2, 0) is 10.4 Å². The molecule has 0 aliphatic carbocycles. The van der Waals surface area contributed by atoms with Crippen LogP contribution in [0, 0.1) is 29.2 Å². The zero-order chi connectivity index (χ0) is 23.5. The largest absolute Gasteiger partial charge is 0.380 e. The number of hydrogen-bond donors (Lipinski definition) is 1. The third kappa shape index (κ3) is 5.13. The van der Waals surface area contributed by atoms with Crippen LogP contribution in [0.2, 0.25) is 0 Å². The van der Waals surface area contributed by atoms with Crippen molar-refractivity contribution >= 4 is 5.91 Å². The number of carbonyl (C=O) groups excluding carboxylic acids is 1. The van der Waals surface area contributed by atoms with Gasteiger partial charge in [0.2, 0.25) is 5.91 Å². The molecule has 8 heteroatoms. The lowest BCUT2D eigenvalue weighted by Gasteiger charge is -2.42. The highest BCUT2D eigenvalue weighted by Gasteiger charge is 2.42. The van der Waals surface area contributed by atoms with E-state index in [-0.39, 0.29) is 17.0 Å². The van der Waals surface area contributed by atoms with E-state index in [4.69, 9.17) is 0 Å². The van der Waals surface area contributed by atoms with Crippen molar-refractivity contribution < 1.29 is 27.5 Å². The van der Waals surface area contributed by atoms with Crippen LogP contribution in [-0.4, -0.2) is 54.5 Å². The zero-order valence-electron chi connectivity index (χ0n) is 18.3. The summed E-state index contributed by atoms with van der Waals surface area (Å²) in [6.07, 6.45) is 2.17. The fraction of sp³-hybridized carbons (Fsp3) is 0.458. The molecule has 1 amide bonds. The lowest BCUT2D eigenvalue weighted by atomic mass is 9.72. The quantitative estimate of drug-likeness (QED) is 0.645. The van der Waals surface area contributed by atoms with Crippen LogP contribution in [0.15, 0.2) is 36.4 Å². The van der Waals surface area contributed by atoms with Gasteiger partial charge in [-0.3, -0.25) is 4.79 Å². The Hall–Kier alpha value is -2.45. The first-order valence-corrected chi connectivity index (χ1v) is 10.7. The molecule has 0 unspecified atom stereocenters. The van der Waals surface area contributed by atoms with Crippen molar-refractivity contribution in [2.75, 3.05) is 33.7 Å². The minimum atomic E-state index is -1.81. The topological polar surface area (TPSA) is 43.8 Å². The number of likely N-dealkylation sites (tertiary alicyclic amines) is 1. The smallest absolute Gasteiger partial charge is 0.222 e. The first kappa shape index (κ1) is 24.2. The van der Waals surface area contributed by atoms with Crippen LogP contribution in [0.1, 0.15) is 36.8 Å². The van der Waals surface area contributed by atoms with Gasteiger partial charge in [-0.25, -0.2) is 17.6 Å². The Balaban J connectivity index is 1.80. The van der Waals surface area contributed by atoms with Crippen molar-refractivity contribution in [3.8, 4) is 0 Å².